The third kappa shape index (κ3) is 4.90. The lowest BCUT2D eigenvalue weighted by atomic mass is 10.2. The van der Waals surface area contributed by atoms with Crippen LogP contribution in [0.3, 0.4) is 0 Å². The second-order valence-electron chi connectivity index (χ2n) is 6.43. The number of rotatable bonds is 7. The van der Waals surface area contributed by atoms with Crippen LogP contribution in [0.25, 0.3) is 0 Å². The number of hydrogen-bond acceptors (Lipinski definition) is 5. The van der Waals surface area contributed by atoms with Gasteiger partial charge in [0, 0.05) is 11.2 Å². The first kappa shape index (κ1) is 21.6. The van der Waals surface area contributed by atoms with E-state index in [1.165, 1.54) is 31.5 Å². The summed E-state index contributed by atoms with van der Waals surface area (Å²) < 4.78 is 33.2. The maximum Gasteiger partial charge on any atom is 0.264 e. The van der Waals surface area contributed by atoms with E-state index >= 15 is 0 Å². The lowest BCUT2D eigenvalue weighted by Crippen LogP contribution is -2.38. The highest BCUT2D eigenvalue weighted by Gasteiger charge is 2.29. The van der Waals surface area contributed by atoms with Crippen LogP contribution < -0.4 is 14.4 Å². The van der Waals surface area contributed by atoms with Crippen molar-refractivity contribution in [1.82, 2.24) is 4.98 Å². The van der Waals surface area contributed by atoms with E-state index < -0.39 is 22.5 Å². The molecule has 0 saturated carbocycles. The summed E-state index contributed by atoms with van der Waals surface area (Å²) in [5, 5.41) is 2.95. The van der Waals surface area contributed by atoms with Crippen LogP contribution in [0.5, 0.6) is 5.75 Å². The normalized spacial score (nSPS) is 11.0. The standard InChI is InChI=1S/C21H20ClN3O4S/c1-15-5-8-18(9-6-15)30(27,28)25(19-12-16(22)7-10-20(19)29-2)14-21(26)24-17-4-3-11-23-13-17/h3-13H,14H2,1-2H3,(H,24,26). The second kappa shape index (κ2) is 9.15. The Bertz CT molecular complexity index is 1140. The van der Waals surface area contributed by atoms with Crippen molar-refractivity contribution in [3.8, 4) is 5.75 Å². The first-order valence-corrected chi connectivity index (χ1v) is 10.8. The summed E-state index contributed by atoms with van der Waals surface area (Å²) in [6.45, 7) is 1.37. The van der Waals surface area contributed by atoms with Crippen molar-refractivity contribution >= 4 is 38.9 Å². The number of aryl methyl sites for hydroxylation is 1. The minimum absolute atomic E-state index is 0.0457. The summed E-state index contributed by atoms with van der Waals surface area (Å²) in [6.07, 6.45) is 3.04. The number of sulfonamides is 1. The molecular weight excluding hydrogens is 426 g/mol. The number of amides is 1. The van der Waals surface area contributed by atoms with E-state index in [1.807, 2.05) is 6.92 Å². The minimum Gasteiger partial charge on any atom is -0.495 e. The number of halogens is 1. The van der Waals surface area contributed by atoms with Crippen molar-refractivity contribution in [2.24, 2.45) is 0 Å². The van der Waals surface area contributed by atoms with E-state index in [-0.39, 0.29) is 16.3 Å². The smallest absolute Gasteiger partial charge is 0.264 e. The molecule has 0 bridgehead atoms. The number of ether oxygens (including phenoxy) is 1. The largest absolute Gasteiger partial charge is 0.495 e. The summed E-state index contributed by atoms with van der Waals surface area (Å²) in [5.74, 6) is -0.273. The van der Waals surface area contributed by atoms with Crippen molar-refractivity contribution in [2.45, 2.75) is 11.8 Å². The molecular formula is C21H20ClN3O4S. The quantitative estimate of drug-likeness (QED) is 0.596. The van der Waals surface area contributed by atoms with E-state index in [0.717, 1.165) is 9.87 Å². The average Bonchev–Trinajstić information content (AvgIpc) is 2.73. The molecule has 7 nitrogen and oxygen atoms in total. The third-order valence-corrected chi connectivity index (χ3v) is 6.26. The van der Waals surface area contributed by atoms with Gasteiger partial charge in [-0.2, -0.15) is 0 Å². The molecule has 0 unspecified atom stereocenters. The lowest BCUT2D eigenvalue weighted by molar-refractivity contribution is -0.114. The van der Waals surface area contributed by atoms with E-state index in [4.69, 9.17) is 16.3 Å². The number of nitrogens with one attached hydrogen (secondary N) is 1. The average molecular weight is 446 g/mol. The van der Waals surface area contributed by atoms with Crippen molar-refractivity contribution in [3.63, 3.8) is 0 Å². The predicted molar refractivity (Wildman–Crippen MR) is 117 cm³/mol. The lowest BCUT2D eigenvalue weighted by Gasteiger charge is -2.26. The van der Waals surface area contributed by atoms with Gasteiger partial charge < -0.3 is 10.1 Å². The molecule has 1 aromatic heterocycles. The van der Waals surface area contributed by atoms with E-state index in [0.29, 0.717) is 10.7 Å². The SMILES string of the molecule is COc1ccc(Cl)cc1N(CC(=O)Nc1cccnc1)S(=O)(=O)c1ccc(C)cc1. The highest BCUT2D eigenvalue weighted by Crippen LogP contribution is 2.34. The Hall–Kier alpha value is -3.10. The first-order valence-electron chi connectivity index (χ1n) is 8.94. The number of pyridine rings is 1. The zero-order chi connectivity index (χ0) is 21.7. The van der Waals surface area contributed by atoms with Gasteiger partial charge in [-0.1, -0.05) is 29.3 Å². The Morgan fingerprint density at radius 1 is 1.17 bits per heavy atom. The number of benzene rings is 2. The summed E-state index contributed by atoms with van der Waals surface area (Å²) in [4.78, 5) is 16.7. The molecule has 0 atom stereocenters. The van der Waals surface area contributed by atoms with Gasteiger partial charge in [0.05, 0.1) is 29.6 Å². The highest BCUT2D eigenvalue weighted by atomic mass is 35.5. The van der Waals surface area contributed by atoms with Crippen LogP contribution in [0.1, 0.15) is 5.56 Å². The van der Waals surface area contributed by atoms with Gasteiger partial charge in [-0.25, -0.2) is 8.42 Å². The molecule has 0 spiro atoms. The van der Waals surface area contributed by atoms with Gasteiger partial charge in [0.25, 0.3) is 10.0 Å². The van der Waals surface area contributed by atoms with Crippen LogP contribution in [0.4, 0.5) is 11.4 Å². The van der Waals surface area contributed by atoms with Crippen LogP contribution in [-0.2, 0) is 14.8 Å². The molecule has 1 amide bonds. The van der Waals surface area contributed by atoms with Gasteiger partial charge in [0.1, 0.15) is 12.3 Å². The van der Waals surface area contributed by atoms with Gasteiger partial charge in [-0.15, -0.1) is 0 Å². The molecule has 1 heterocycles. The fraction of sp³-hybridized carbons (Fsp3) is 0.143. The summed E-state index contributed by atoms with van der Waals surface area (Å²) in [6, 6.07) is 14.3. The molecule has 0 aliphatic carbocycles. The van der Waals surface area contributed by atoms with E-state index in [2.05, 4.69) is 10.3 Å². The number of aromatic nitrogens is 1. The Morgan fingerprint density at radius 2 is 1.90 bits per heavy atom. The van der Waals surface area contributed by atoms with Gasteiger partial charge in [-0.05, 0) is 49.4 Å². The fourth-order valence-electron chi connectivity index (χ4n) is 2.76. The van der Waals surface area contributed by atoms with Gasteiger partial charge in [0.15, 0.2) is 0 Å². The Balaban J connectivity index is 2.04. The second-order valence-corrected chi connectivity index (χ2v) is 8.73. The molecule has 0 aliphatic heterocycles. The van der Waals surface area contributed by atoms with Crippen molar-refractivity contribution in [3.05, 3.63) is 77.6 Å². The molecule has 3 rings (SSSR count). The van der Waals surface area contributed by atoms with E-state index in [1.54, 1.807) is 42.6 Å². The molecule has 30 heavy (non-hydrogen) atoms. The van der Waals surface area contributed by atoms with Crippen molar-refractivity contribution in [2.75, 3.05) is 23.3 Å². The Morgan fingerprint density at radius 3 is 2.53 bits per heavy atom. The van der Waals surface area contributed by atoms with Gasteiger partial charge >= 0.3 is 0 Å². The minimum atomic E-state index is -4.09. The number of nitrogens with zero attached hydrogens (tertiary/aromatic N) is 2. The summed E-state index contributed by atoms with van der Waals surface area (Å²) in [7, 11) is -2.67. The van der Waals surface area contributed by atoms with Crippen LogP contribution in [-0.4, -0.2) is 33.0 Å². The molecule has 0 radical (unpaired) electrons. The predicted octanol–water partition coefficient (Wildman–Crippen LogP) is 3.89. The van der Waals surface area contributed by atoms with Crippen LogP contribution >= 0.6 is 11.6 Å². The maximum absolute atomic E-state index is 13.4. The Labute approximate surface area is 180 Å². The van der Waals surface area contributed by atoms with Crippen LogP contribution in [0.15, 0.2) is 71.9 Å². The Kier molecular flexibility index (Phi) is 6.59. The third-order valence-electron chi connectivity index (χ3n) is 4.25. The van der Waals surface area contributed by atoms with Crippen molar-refractivity contribution in [1.29, 1.82) is 0 Å². The topological polar surface area (TPSA) is 88.6 Å². The van der Waals surface area contributed by atoms with Crippen LogP contribution in [0, 0.1) is 6.92 Å². The zero-order valence-corrected chi connectivity index (χ0v) is 17.9. The first-order chi connectivity index (χ1) is 14.3. The van der Waals surface area contributed by atoms with Crippen LogP contribution in [0.2, 0.25) is 5.02 Å². The maximum atomic E-state index is 13.4. The zero-order valence-electron chi connectivity index (χ0n) is 16.4. The molecule has 3 aromatic rings. The van der Waals surface area contributed by atoms with Gasteiger partial charge in [-0.3, -0.25) is 14.1 Å². The molecule has 9 heteroatoms. The highest BCUT2D eigenvalue weighted by molar-refractivity contribution is 7.92. The molecule has 1 N–H and O–H groups in total. The molecule has 2 aromatic carbocycles. The van der Waals surface area contributed by atoms with Gasteiger partial charge in [0.2, 0.25) is 5.91 Å². The molecule has 156 valence electrons. The summed E-state index contributed by atoms with van der Waals surface area (Å²) in [5.41, 5.74) is 1.52. The monoisotopic (exact) mass is 445 g/mol. The number of carbonyl (C=O) groups is 1. The van der Waals surface area contributed by atoms with Crippen molar-refractivity contribution < 1.29 is 17.9 Å². The summed E-state index contributed by atoms with van der Waals surface area (Å²) >= 11 is 6.12. The number of methoxy groups -OCH3 is 1. The number of carbonyl (C=O) groups excluding carboxylic acids is 1. The molecule has 0 saturated heterocycles. The van der Waals surface area contributed by atoms with E-state index in [9.17, 15) is 13.2 Å². The molecule has 0 aliphatic rings. The number of hydrogen-bond donors (Lipinski definition) is 1. The molecule has 0 fully saturated rings. The number of anilines is 2. The fourth-order valence-corrected chi connectivity index (χ4v) is 4.35.